The standard InChI is InChI=1S/C15H19FN2OS/c1-9(19)8-17-10(2)14-11(3)18-15(20-14)12-4-6-13(16)7-5-12/h4-7,9-10,17,19H,8H2,1-3H3. The molecule has 2 aromatic rings. The Balaban J connectivity index is 2.18. The Hall–Kier alpha value is -1.30. The molecule has 2 unspecified atom stereocenters. The molecule has 0 spiro atoms. The summed E-state index contributed by atoms with van der Waals surface area (Å²) < 4.78 is 12.9. The first kappa shape index (κ1) is 15.1. The Morgan fingerprint density at radius 2 is 1.95 bits per heavy atom. The Morgan fingerprint density at radius 3 is 2.55 bits per heavy atom. The van der Waals surface area contributed by atoms with Crippen LogP contribution in [0, 0.1) is 12.7 Å². The van der Waals surface area contributed by atoms with Gasteiger partial charge in [-0.15, -0.1) is 11.3 Å². The third kappa shape index (κ3) is 3.62. The number of aliphatic hydroxyl groups is 1. The molecule has 0 aliphatic rings. The van der Waals surface area contributed by atoms with Gasteiger partial charge in [0, 0.05) is 23.0 Å². The van der Waals surface area contributed by atoms with E-state index in [1.54, 1.807) is 30.4 Å². The summed E-state index contributed by atoms with van der Waals surface area (Å²) in [6.45, 7) is 6.32. The van der Waals surface area contributed by atoms with Crippen molar-refractivity contribution >= 4 is 11.3 Å². The molecule has 0 radical (unpaired) electrons. The van der Waals surface area contributed by atoms with Crippen molar-refractivity contribution in [2.75, 3.05) is 6.54 Å². The first-order chi connectivity index (χ1) is 9.47. The quantitative estimate of drug-likeness (QED) is 0.889. The Morgan fingerprint density at radius 1 is 1.30 bits per heavy atom. The highest BCUT2D eigenvalue weighted by Crippen LogP contribution is 2.31. The minimum atomic E-state index is -0.373. The number of rotatable bonds is 5. The van der Waals surface area contributed by atoms with Crippen LogP contribution in [0.3, 0.4) is 0 Å². The van der Waals surface area contributed by atoms with E-state index in [1.807, 2.05) is 6.92 Å². The molecule has 5 heteroatoms. The Labute approximate surface area is 122 Å². The van der Waals surface area contributed by atoms with Gasteiger partial charge in [0.1, 0.15) is 10.8 Å². The fraction of sp³-hybridized carbons (Fsp3) is 0.400. The number of aromatic nitrogens is 1. The third-order valence-electron chi connectivity index (χ3n) is 3.04. The number of thiazole rings is 1. The lowest BCUT2D eigenvalue weighted by Crippen LogP contribution is -2.27. The molecule has 0 amide bonds. The van der Waals surface area contributed by atoms with Gasteiger partial charge in [0.05, 0.1) is 11.8 Å². The van der Waals surface area contributed by atoms with Crippen molar-refractivity contribution in [3.8, 4) is 10.6 Å². The molecule has 1 aromatic carbocycles. The largest absolute Gasteiger partial charge is 0.392 e. The van der Waals surface area contributed by atoms with Crippen molar-refractivity contribution in [2.24, 2.45) is 0 Å². The minimum Gasteiger partial charge on any atom is -0.392 e. The number of benzene rings is 1. The van der Waals surface area contributed by atoms with Gasteiger partial charge in [0.25, 0.3) is 0 Å². The van der Waals surface area contributed by atoms with Gasteiger partial charge in [0.15, 0.2) is 0 Å². The molecule has 2 rings (SSSR count). The predicted octanol–water partition coefficient (Wildman–Crippen LogP) is 3.29. The third-order valence-corrected chi connectivity index (χ3v) is 4.43. The Bertz CT molecular complexity index is 566. The minimum absolute atomic E-state index is 0.135. The van der Waals surface area contributed by atoms with E-state index in [-0.39, 0.29) is 18.0 Å². The van der Waals surface area contributed by atoms with Crippen LogP contribution >= 0.6 is 11.3 Å². The van der Waals surface area contributed by atoms with Crippen molar-refractivity contribution in [2.45, 2.75) is 32.9 Å². The summed E-state index contributed by atoms with van der Waals surface area (Å²) in [5, 5.41) is 13.5. The summed E-state index contributed by atoms with van der Waals surface area (Å²) in [5.74, 6) is -0.241. The molecule has 0 aliphatic carbocycles. The maximum Gasteiger partial charge on any atom is 0.123 e. The van der Waals surface area contributed by atoms with Crippen LogP contribution in [0.15, 0.2) is 24.3 Å². The molecule has 0 aliphatic heterocycles. The van der Waals surface area contributed by atoms with E-state index in [4.69, 9.17) is 0 Å². The van der Waals surface area contributed by atoms with Crippen molar-refractivity contribution in [1.82, 2.24) is 10.3 Å². The second-order valence-electron chi connectivity index (χ2n) is 4.95. The number of aryl methyl sites for hydroxylation is 1. The summed E-state index contributed by atoms with van der Waals surface area (Å²) >= 11 is 1.60. The van der Waals surface area contributed by atoms with E-state index in [0.29, 0.717) is 6.54 Å². The van der Waals surface area contributed by atoms with Crippen LogP contribution in [0.5, 0.6) is 0 Å². The molecule has 20 heavy (non-hydrogen) atoms. The van der Waals surface area contributed by atoms with Gasteiger partial charge >= 0.3 is 0 Å². The van der Waals surface area contributed by atoms with Crippen LogP contribution in [0.4, 0.5) is 4.39 Å². The molecule has 0 fully saturated rings. The van der Waals surface area contributed by atoms with Crippen LogP contribution in [-0.2, 0) is 0 Å². The van der Waals surface area contributed by atoms with Gasteiger partial charge in [-0.25, -0.2) is 9.37 Å². The van der Waals surface area contributed by atoms with Gasteiger partial charge in [-0.2, -0.15) is 0 Å². The molecule has 1 aromatic heterocycles. The highest BCUT2D eigenvalue weighted by atomic mass is 32.1. The molecule has 2 atom stereocenters. The maximum absolute atomic E-state index is 12.9. The van der Waals surface area contributed by atoms with E-state index in [1.165, 1.54) is 12.1 Å². The molecular formula is C15H19FN2OS. The average molecular weight is 294 g/mol. The zero-order chi connectivity index (χ0) is 14.7. The highest BCUT2D eigenvalue weighted by molar-refractivity contribution is 7.15. The number of nitrogens with zero attached hydrogens (tertiary/aromatic N) is 1. The van der Waals surface area contributed by atoms with Crippen molar-refractivity contribution < 1.29 is 9.50 Å². The van der Waals surface area contributed by atoms with E-state index < -0.39 is 0 Å². The lowest BCUT2D eigenvalue weighted by molar-refractivity contribution is 0.187. The first-order valence-corrected chi connectivity index (χ1v) is 7.43. The molecule has 108 valence electrons. The molecule has 2 N–H and O–H groups in total. The normalized spacial score (nSPS) is 14.2. The Kier molecular flexibility index (Phi) is 4.86. The SMILES string of the molecule is Cc1nc(-c2ccc(F)cc2)sc1C(C)NCC(C)O. The molecule has 1 heterocycles. The van der Waals surface area contributed by atoms with Crippen molar-refractivity contribution in [3.05, 3.63) is 40.7 Å². The topological polar surface area (TPSA) is 45.2 Å². The maximum atomic E-state index is 12.9. The van der Waals surface area contributed by atoms with Gasteiger partial charge < -0.3 is 10.4 Å². The molecule has 0 bridgehead atoms. The van der Waals surface area contributed by atoms with Gasteiger partial charge in [-0.05, 0) is 45.0 Å². The zero-order valence-corrected chi connectivity index (χ0v) is 12.7. The summed E-state index contributed by atoms with van der Waals surface area (Å²) in [4.78, 5) is 5.70. The van der Waals surface area contributed by atoms with Crippen LogP contribution < -0.4 is 5.32 Å². The van der Waals surface area contributed by atoms with Crippen LogP contribution in [0.1, 0.15) is 30.5 Å². The molecular weight excluding hydrogens is 275 g/mol. The molecule has 3 nitrogen and oxygen atoms in total. The van der Waals surface area contributed by atoms with E-state index in [9.17, 15) is 9.50 Å². The summed E-state index contributed by atoms with van der Waals surface area (Å²) in [6.07, 6.45) is -0.373. The van der Waals surface area contributed by atoms with Crippen LogP contribution in [0.25, 0.3) is 10.6 Å². The first-order valence-electron chi connectivity index (χ1n) is 6.62. The van der Waals surface area contributed by atoms with E-state index in [0.717, 1.165) is 21.1 Å². The highest BCUT2D eigenvalue weighted by Gasteiger charge is 2.15. The zero-order valence-electron chi connectivity index (χ0n) is 11.9. The summed E-state index contributed by atoms with van der Waals surface area (Å²) in [5.41, 5.74) is 1.90. The lowest BCUT2D eigenvalue weighted by atomic mass is 10.2. The number of hydrogen-bond donors (Lipinski definition) is 2. The number of nitrogens with one attached hydrogen (secondary N) is 1. The van der Waals surface area contributed by atoms with E-state index >= 15 is 0 Å². The monoisotopic (exact) mass is 294 g/mol. The fourth-order valence-corrected chi connectivity index (χ4v) is 3.06. The molecule has 0 saturated heterocycles. The lowest BCUT2D eigenvalue weighted by Gasteiger charge is -2.13. The van der Waals surface area contributed by atoms with Crippen molar-refractivity contribution in [3.63, 3.8) is 0 Å². The summed E-state index contributed by atoms with van der Waals surface area (Å²) in [7, 11) is 0. The fourth-order valence-electron chi connectivity index (χ4n) is 1.97. The number of aliphatic hydroxyl groups excluding tert-OH is 1. The van der Waals surface area contributed by atoms with Crippen LogP contribution in [-0.4, -0.2) is 22.7 Å². The average Bonchev–Trinajstić information content (AvgIpc) is 2.79. The number of hydrogen-bond acceptors (Lipinski definition) is 4. The van der Waals surface area contributed by atoms with Crippen molar-refractivity contribution in [1.29, 1.82) is 0 Å². The summed E-state index contributed by atoms with van der Waals surface area (Å²) in [6, 6.07) is 6.51. The number of halogens is 1. The van der Waals surface area contributed by atoms with Crippen LogP contribution in [0.2, 0.25) is 0 Å². The molecule has 0 saturated carbocycles. The predicted molar refractivity (Wildman–Crippen MR) is 80.3 cm³/mol. The van der Waals surface area contributed by atoms with Gasteiger partial charge in [-0.1, -0.05) is 0 Å². The second-order valence-corrected chi connectivity index (χ2v) is 5.99. The van der Waals surface area contributed by atoms with Gasteiger partial charge in [-0.3, -0.25) is 0 Å². The van der Waals surface area contributed by atoms with E-state index in [2.05, 4.69) is 17.2 Å². The smallest absolute Gasteiger partial charge is 0.123 e. The second kappa shape index (κ2) is 6.43. The van der Waals surface area contributed by atoms with Gasteiger partial charge in [0.2, 0.25) is 0 Å².